The minimum absolute atomic E-state index is 0.130. The zero-order valence-electron chi connectivity index (χ0n) is 15.4. The van der Waals surface area contributed by atoms with Crippen LogP contribution in [-0.2, 0) is 6.15 Å². The molecule has 152 valence electrons. The van der Waals surface area contributed by atoms with Gasteiger partial charge < -0.3 is 0 Å². The summed E-state index contributed by atoms with van der Waals surface area (Å²) in [4.78, 5) is 0. The summed E-state index contributed by atoms with van der Waals surface area (Å²) in [6.45, 7) is 8.20. The Bertz CT molecular complexity index is 322. The number of hydrogen-bond acceptors (Lipinski definition) is 2. The minimum atomic E-state index is -4.28. The van der Waals surface area contributed by atoms with E-state index in [1.807, 2.05) is 27.7 Å². The summed E-state index contributed by atoms with van der Waals surface area (Å²) >= 11 is -4.00. The molecule has 0 aliphatic carbocycles. The summed E-state index contributed by atoms with van der Waals surface area (Å²) in [6.07, 6.45) is -10.8. The molecule has 0 saturated heterocycles. The molecule has 0 spiro atoms. The molecule has 0 aromatic heterocycles. The van der Waals surface area contributed by atoms with Gasteiger partial charge in [-0.25, -0.2) is 0 Å². The van der Waals surface area contributed by atoms with Gasteiger partial charge >= 0.3 is 151 Å². The monoisotopic (exact) mass is 488 g/mol. The van der Waals surface area contributed by atoms with Crippen LogP contribution in [0.3, 0.4) is 0 Å². The van der Waals surface area contributed by atoms with Crippen molar-refractivity contribution in [1.29, 1.82) is 0 Å². The maximum atomic E-state index is 12.5. The maximum absolute atomic E-state index is 12.5. The van der Waals surface area contributed by atoms with Crippen LogP contribution in [0.5, 0.6) is 0 Å². The molecule has 0 heterocycles. The summed E-state index contributed by atoms with van der Waals surface area (Å²) in [5, 5.41) is 0. The van der Waals surface area contributed by atoms with Crippen molar-refractivity contribution in [1.82, 2.24) is 0 Å². The molecule has 0 saturated carbocycles. The topological polar surface area (TPSA) is 18.5 Å². The van der Waals surface area contributed by atoms with Crippen LogP contribution in [-0.4, -0.2) is 44.8 Å². The van der Waals surface area contributed by atoms with Gasteiger partial charge in [-0.1, -0.05) is 0 Å². The van der Waals surface area contributed by atoms with Crippen LogP contribution < -0.4 is 0 Å². The standard InChI is InChI=1S/2C4H6F3.2C4H9O.Sn/c2*1-2-3-4(5,6)7;2*1-4(2)3-5;/h2*1-3H2;2*4H,3H2,1-2H3;/q;;2*-1;+2. The van der Waals surface area contributed by atoms with Crippen molar-refractivity contribution in [2.75, 3.05) is 13.2 Å². The summed E-state index contributed by atoms with van der Waals surface area (Å²) in [5.74, 6) is 0.285. The molecule has 0 aromatic carbocycles. The van der Waals surface area contributed by atoms with Gasteiger partial charge in [0.15, 0.2) is 0 Å². The SMILES string of the molecule is CC(C)C[O][Sn]([CH2]CCC(F)(F)F)([CH2]CCC(F)(F)F)[O]CC(C)C. The molecular weight excluding hydrogens is 457 g/mol. The van der Waals surface area contributed by atoms with Gasteiger partial charge in [-0.05, 0) is 0 Å². The van der Waals surface area contributed by atoms with Gasteiger partial charge in [0.1, 0.15) is 0 Å². The first-order chi connectivity index (χ1) is 11.2. The molecular formula is C16H30F6O2Sn. The molecule has 0 fully saturated rings. The zero-order valence-corrected chi connectivity index (χ0v) is 18.2. The van der Waals surface area contributed by atoms with Crippen molar-refractivity contribution >= 4 is 19.2 Å². The van der Waals surface area contributed by atoms with Crippen molar-refractivity contribution < 1.29 is 32.5 Å². The first-order valence-corrected chi connectivity index (χ1v) is 15.0. The third-order valence-electron chi connectivity index (χ3n) is 3.40. The average Bonchev–Trinajstić information content (AvgIpc) is 2.39. The number of rotatable bonds is 12. The Morgan fingerprint density at radius 1 is 0.680 bits per heavy atom. The predicted octanol–water partition coefficient (Wildman–Crippen LogP) is 6.46. The average molecular weight is 487 g/mol. The third-order valence-corrected chi connectivity index (χ3v) is 13.7. The van der Waals surface area contributed by atoms with Crippen LogP contribution in [0.25, 0.3) is 0 Å². The van der Waals surface area contributed by atoms with Gasteiger partial charge in [0.2, 0.25) is 0 Å². The Labute approximate surface area is 151 Å². The fourth-order valence-corrected chi connectivity index (χ4v) is 12.5. The van der Waals surface area contributed by atoms with E-state index in [9.17, 15) is 26.3 Å². The number of halogens is 6. The molecule has 0 amide bonds. The van der Waals surface area contributed by atoms with E-state index in [4.69, 9.17) is 6.15 Å². The zero-order chi connectivity index (χ0) is 19.7. The Morgan fingerprint density at radius 3 is 1.24 bits per heavy atom. The molecule has 0 unspecified atom stereocenters. The summed E-state index contributed by atoms with van der Waals surface area (Å²) < 4.78 is 86.9. The second-order valence-electron chi connectivity index (χ2n) is 7.26. The fraction of sp³-hybridized carbons (Fsp3) is 1.00. The molecule has 0 aliphatic rings. The van der Waals surface area contributed by atoms with Crippen LogP contribution in [0.15, 0.2) is 0 Å². The molecule has 0 radical (unpaired) electrons. The first-order valence-electron chi connectivity index (χ1n) is 8.66. The molecule has 0 aliphatic heterocycles. The number of hydrogen-bond donors (Lipinski definition) is 0. The molecule has 0 N–H and O–H groups in total. The Balaban J connectivity index is 5.02. The summed E-state index contributed by atoms with van der Waals surface area (Å²) in [7, 11) is 0. The van der Waals surface area contributed by atoms with Crippen LogP contribution in [0.1, 0.15) is 53.4 Å². The van der Waals surface area contributed by atoms with Gasteiger partial charge in [-0.15, -0.1) is 0 Å². The molecule has 9 heteroatoms. The third kappa shape index (κ3) is 15.1. The molecule has 2 nitrogen and oxygen atoms in total. The summed E-state index contributed by atoms with van der Waals surface area (Å²) in [5.41, 5.74) is 0. The molecule has 0 aromatic rings. The van der Waals surface area contributed by atoms with Crippen molar-refractivity contribution in [3.8, 4) is 0 Å². The Morgan fingerprint density at radius 2 is 1.00 bits per heavy atom. The van der Waals surface area contributed by atoms with Crippen LogP contribution >= 0.6 is 0 Å². The van der Waals surface area contributed by atoms with Crippen molar-refractivity contribution in [3.63, 3.8) is 0 Å². The normalized spacial score (nSPS) is 13.9. The second kappa shape index (κ2) is 11.2. The molecule has 0 rings (SSSR count). The van der Waals surface area contributed by atoms with E-state index in [1.54, 1.807) is 0 Å². The predicted molar refractivity (Wildman–Crippen MR) is 87.5 cm³/mol. The molecule has 25 heavy (non-hydrogen) atoms. The van der Waals surface area contributed by atoms with Crippen molar-refractivity contribution in [2.45, 2.75) is 74.6 Å². The van der Waals surface area contributed by atoms with Crippen LogP contribution in [0.4, 0.5) is 26.3 Å². The van der Waals surface area contributed by atoms with Gasteiger partial charge in [0.05, 0.1) is 0 Å². The first kappa shape index (κ1) is 25.3. The Hall–Kier alpha value is 0.299. The van der Waals surface area contributed by atoms with Gasteiger partial charge in [-0.3, -0.25) is 0 Å². The van der Waals surface area contributed by atoms with Crippen LogP contribution in [0, 0.1) is 11.8 Å². The Kier molecular flexibility index (Phi) is 11.3. The van der Waals surface area contributed by atoms with Gasteiger partial charge in [0.25, 0.3) is 0 Å². The summed E-state index contributed by atoms with van der Waals surface area (Å²) in [6, 6.07) is 0. The quantitative estimate of drug-likeness (QED) is 0.233. The van der Waals surface area contributed by atoms with Crippen molar-refractivity contribution in [2.24, 2.45) is 11.8 Å². The van der Waals surface area contributed by atoms with E-state index in [0.29, 0.717) is 13.2 Å². The van der Waals surface area contributed by atoms with Crippen LogP contribution in [0.2, 0.25) is 8.87 Å². The van der Waals surface area contributed by atoms with E-state index in [0.717, 1.165) is 0 Å². The van der Waals surface area contributed by atoms with E-state index in [-0.39, 0.29) is 33.6 Å². The van der Waals surface area contributed by atoms with E-state index in [2.05, 4.69) is 0 Å². The van der Waals surface area contributed by atoms with E-state index in [1.165, 1.54) is 0 Å². The molecule has 0 bridgehead atoms. The van der Waals surface area contributed by atoms with Gasteiger partial charge in [-0.2, -0.15) is 0 Å². The molecule has 0 atom stereocenters. The van der Waals surface area contributed by atoms with E-state index >= 15 is 0 Å². The van der Waals surface area contributed by atoms with E-state index < -0.39 is 44.4 Å². The second-order valence-corrected chi connectivity index (χ2v) is 17.0. The fourth-order valence-electron chi connectivity index (χ4n) is 2.21. The van der Waals surface area contributed by atoms with Gasteiger partial charge in [0, 0.05) is 0 Å². The number of alkyl halides is 6. The van der Waals surface area contributed by atoms with Crippen molar-refractivity contribution in [3.05, 3.63) is 0 Å².